The molecule has 2 rings (SSSR count). The summed E-state index contributed by atoms with van der Waals surface area (Å²) in [5, 5.41) is 2.80. The zero-order valence-corrected chi connectivity index (χ0v) is 11.9. The second kappa shape index (κ2) is 7.55. The van der Waals surface area contributed by atoms with Crippen LogP contribution in [0.3, 0.4) is 0 Å². The third-order valence-corrected chi connectivity index (χ3v) is 3.10. The molecule has 0 bridgehead atoms. The van der Waals surface area contributed by atoms with E-state index in [0.29, 0.717) is 18.7 Å². The Morgan fingerprint density at radius 1 is 1.14 bits per heavy atom. The van der Waals surface area contributed by atoms with Crippen LogP contribution in [0.1, 0.15) is 16.7 Å². The Hall–Kier alpha value is -2.20. The molecule has 2 aromatic rings. The molecule has 0 spiro atoms. The van der Waals surface area contributed by atoms with Crippen LogP contribution >= 0.6 is 0 Å². The Labute approximate surface area is 123 Å². The van der Waals surface area contributed by atoms with Gasteiger partial charge in [0.2, 0.25) is 5.91 Å². The maximum absolute atomic E-state index is 13.5. The molecule has 1 N–H and O–H groups in total. The predicted octanol–water partition coefficient (Wildman–Crippen LogP) is 2.83. The lowest BCUT2D eigenvalue weighted by atomic mass is 10.1. The highest BCUT2D eigenvalue weighted by molar-refractivity contribution is 5.78. The summed E-state index contributed by atoms with van der Waals surface area (Å²) in [5.41, 5.74) is 2.45. The molecule has 0 aliphatic carbocycles. The Morgan fingerprint density at radius 2 is 1.90 bits per heavy atom. The molecule has 4 heteroatoms. The highest BCUT2D eigenvalue weighted by Crippen LogP contribution is 2.08. The molecule has 3 nitrogen and oxygen atoms in total. The van der Waals surface area contributed by atoms with Crippen LogP contribution in [0.2, 0.25) is 0 Å². The minimum Gasteiger partial charge on any atom is -0.380 e. The number of amides is 1. The van der Waals surface area contributed by atoms with Crippen LogP contribution < -0.4 is 5.32 Å². The normalized spacial score (nSPS) is 10.4. The summed E-state index contributed by atoms with van der Waals surface area (Å²) in [6.07, 6.45) is 0.0461. The molecule has 0 saturated carbocycles. The minimum absolute atomic E-state index is 0.0461. The van der Waals surface area contributed by atoms with Crippen LogP contribution in [0, 0.1) is 5.82 Å². The van der Waals surface area contributed by atoms with Crippen LogP contribution in [0.15, 0.2) is 48.5 Å². The van der Waals surface area contributed by atoms with E-state index in [-0.39, 0.29) is 18.1 Å². The average molecular weight is 287 g/mol. The van der Waals surface area contributed by atoms with Gasteiger partial charge in [0, 0.05) is 13.7 Å². The van der Waals surface area contributed by atoms with E-state index in [0.717, 1.165) is 11.1 Å². The van der Waals surface area contributed by atoms with Crippen molar-refractivity contribution in [3.05, 3.63) is 71.0 Å². The number of carbonyl (C=O) groups excluding carboxylic acids is 1. The van der Waals surface area contributed by atoms with E-state index in [1.807, 2.05) is 24.3 Å². The topological polar surface area (TPSA) is 38.3 Å². The smallest absolute Gasteiger partial charge is 0.224 e. The Morgan fingerprint density at radius 3 is 2.67 bits per heavy atom. The molecule has 0 atom stereocenters. The second-order valence-corrected chi connectivity index (χ2v) is 4.80. The number of hydrogen-bond donors (Lipinski definition) is 1. The zero-order valence-electron chi connectivity index (χ0n) is 11.9. The SMILES string of the molecule is COCc1cccc(CNC(=O)Cc2ccccc2F)c1. The number of halogens is 1. The molecule has 0 aliphatic heterocycles. The summed E-state index contributed by atoms with van der Waals surface area (Å²) in [6.45, 7) is 0.960. The standard InChI is InChI=1S/C17H18FNO2/c1-21-12-14-6-4-5-13(9-14)11-19-17(20)10-15-7-2-3-8-16(15)18/h2-9H,10-12H2,1H3,(H,19,20). The van der Waals surface area contributed by atoms with Gasteiger partial charge in [-0.05, 0) is 22.8 Å². The monoisotopic (exact) mass is 287 g/mol. The van der Waals surface area contributed by atoms with Crippen LogP contribution in [0.5, 0.6) is 0 Å². The van der Waals surface area contributed by atoms with Crippen molar-refractivity contribution < 1.29 is 13.9 Å². The maximum atomic E-state index is 13.5. The van der Waals surface area contributed by atoms with Crippen molar-refractivity contribution >= 4 is 5.91 Å². The first-order valence-electron chi connectivity index (χ1n) is 6.76. The van der Waals surface area contributed by atoms with Gasteiger partial charge in [0.05, 0.1) is 13.0 Å². The van der Waals surface area contributed by atoms with E-state index in [1.165, 1.54) is 6.07 Å². The molecule has 0 saturated heterocycles. The molecule has 0 aromatic heterocycles. The van der Waals surface area contributed by atoms with Gasteiger partial charge in [-0.3, -0.25) is 4.79 Å². The van der Waals surface area contributed by atoms with Crippen molar-refractivity contribution in [2.75, 3.05) is 7.11 Å². The summed E-state index contributed by atoms with van der Waals surface area (Å²) in [4.78, 5) is 11.8. The summed E-state index contributed by atoms with van der Waals surface area (Å²) < 4.78 is 18.5. The van der Waals surface area contributed by atoms with Gasteiger partial charge in [0.25, 0.3) is 0 Å². The zero-order chi connectivity index (χ0) is 15.1. The molecule has 2 aromatic carbocycles. The largest absolute Gasteiger partial charge is 0.380 e. The number of carbonyl (C=O) groups is 1. The highest BCUT2D eigenvalue weighted by Gasteiger charge is 2.07. The van der Waals surface area contributed by atoms with E-state index in [9.17, 15) is 9.18 Å². The lowest BCUT2D eigenvalue weighted by molar-refractivity contribution is -0.120. The van der Waals surface area contributed by atoms with Crippen molar-refractivity contribution in [1.29, 1.82) is 0 Å². The molecular weight excluding hydrogens is 269 g/mol. The van der Waals surface area contributed by atoms with Gasteiger partial charge < -0.3 is 10.1 Å². The van der Waals surface area contributed by atoms with Gasteiger partial charge in [-0.2, -0.15) is 0 Å². The number of rotatable bonds is 6. The third kappa shape index (κ3) is 4.68. The molecule has 0 aliphatic rings. The van der Waals surface area contributed by atoms with Crippen molar-refractivity contribution in [3.63, 3.8) is 0 Å². The molecule has 0 heterocycles. The first kappa shape index (κ1) is 15.2. The fourth-order valence-corrected chi connectivity index (χ4v) is 2.07. The number of methoxy groups -OCH3 is 1. The van der Waals surface area contributed by atoms with Crippen LogP contribution in [0.4, 0.5) is 4.39 Å². The second-order valence-electron chi connectivity index (χ2n) is 4.80. The Balaban J connectivity index is 1.89. The number of benzene rings is 2. The van der Waals surface area contributed by atoms with E-state index in [1.54, 1.807) is 25.3 Å². The summed E-state index contributed by atoms with van der Waals surface area (Å²) in [6, 6.07) is 14.1. The first-order chi connectivity index (χ1) is 10.2. The van der Waals surface area contributed by atoms with E-state index >= 15 is 0 Å². The predicted molar refractivity (Wildman–Crippen MR) is 79.1 cm³/mol. The summed E-state index contributed by atoms with van der Waals surface area (Å²) in [5.74, 6) is -0.549. The minimum atomic E-state index is -0.352. The van der Waals surface area contributed by atoms with Crippen molar-refractivity contribution in [2.24, 2.45) is 0 Å². The molecule has 1 amide bonds. The number of nitrogens with one attached hydrogen (secondary N) is 1. The Kier molecular flexibility index (Phi) is 5.46. The van der Waals surface area contributed by atoms with Gasteiger partial charge in [-0.1, -0.05) is 42.5 Å². The lowest BCUT2D eigenvalue weighted by Crippen LogP contribution is -2.25. The van der Waals surface area contributed by atoms with E-state index < -0.39 is 0 Å². The molecule has 21 heavy (non-hydrogen) atoms. The molecule has 110 valence electrons. The lowest BCUT2D eigenvalue weighted by Gasteiger charge is -2.08. The summed E-state index contributed by atoms with van der Waals surface area (Å²) in [7, 11) is 1.64. The Bertz CT molecular complexity index is 613. The third-order valence-electron chi connectivity index (χ3n) is 3.10. The van der Waals surface area contributed by atoms with Crippen molar-refractivity contribution in [3.8, 4) is 0 Å². The van der Waals surface area contributed by atoms with Gasteiger partial charge in [-0.15, -0.1) is 0 Å². The molecule has 0 radical (unpaired) electrons. The summed E-state index contributed by atoms with van der Waals surface area (Å²) >= 11 is 0. The van der Waals surface area contributed by atoms with E-state index in [4.69, 9.17) is 4.74 Å². The van der Waals surface area contributed by atoms with Crippen molar-refractivity contribution in [2.45, 2.75) is 19.6 Å². The molecule has 0 fully saturated rings. The van der Waals surface area contributed by atoms with Gasteiger partial charge in [0.15, 0.2) is 0 Å². The fourth-order valence-electron chi connectivity index (χ4n) is 2.07. The average Bonchev–Trinajstić information content (AvgIpc) is 2.48. The maximum Gasteiger partial charge on any atom is 0.224 e. The van der Waals surface area contributed by atoms with Crippen molar-refractivity contribution in [1.82, 2.24) is 5.32 Å². The van der Waals surface area contributed by atoms with Gasteiger partial charge >= 0.3 is 0 Å². The van der Waals surface area contributed by atoms with E-state index in [2.05, 4.69) is 5.32 Å². The van der Waals surface area contributed by atoms with Gasteiger partial charge in [-0.25, -0.2) is 4.39 Å². The van der Waals surface area contributed by atoms with Crippen LogP contribution in [-0.4, -0.2) is 13.0 Å². The molecule has 0 unspecified atom stereocenters. The number of ether oxygens (including phenoxy) is 1. The molecular formula is C17H18FNO2. The quantitative estimate of drug-likeness (QED) is 0.887. The van der Waals surface area contributed by atoms with Gasteiger partial charge in [0.1, 0.15) is 5.82 Å². The number of hydrogen-bond acceptors (Lipinski definition) is 2. The fraction of sp³-hybridized carbons (Fsp3) is 0.235. The van der Waals surface area contributed by atoms with Crippen LogP contribution in [-0.2, 0) is 29.1 Å². The van der Waals surface area contributed by atoms with Crippen LogP contribution in [0.25, 0.3) is 0 Å². The highest BCUT2D eigenvalue weighted by atomic mass is 19.1. The first-order valence-corrected chi connectivity index (χ1v) is 6.76.